The van der Waals surface area contributed by atoms with Crippen molar-refractivity contribution in [3.8, 4) is 0 Å². The van der Waals surface area contributed by atoms with Gasteiger partial charge in [-0.2, -0.15) is 0 Å². The lowest BCUT2D eigenvalue weighted by atomic mass is 10.2. The van der Waals surface area contributed by atoms with Gasteiger partial charge in [-0.25, -0.2) is 19.6 Å². The Morgan fingerprint density at radius 1 is 0.970 bits per heavy atom. The average Bonchev–Trinajstić information content (AvgIpc) is 3.57. The van der Waals surface area contributed by atoms with E-state index in [0.717, 1.165) is 60.0 Å². The molecule has 172 valence electrons. The van der Waals surface area contributed by atoms with Crippen LogP contribution in [0.25, 0.3) is 21.9 Å². The number of hydrogen-bond donors (Lipinski definition) is 1. The Morgan fingerprint density at radius 2 is 1.79 bits per heavy atom. The van der Waals surface area contributed by atoms with Crippen LogP contribution in [0.5, 0.6) is 0 Å². The minimum Gasteiger partial charge on any atom is -0.368 e. The largest absolute Gasteiger partial charge is 0.368 e. The second kappa shape index (κ2) is 8.72. The number of anilines is 3. The summed E-state index contributed by atoms with van der Waals surface area (Å²) < 4.78 is 1.91. The van der Waals surface area contributed by atoms with E-state index in [1.54, 1.807) is 0 Å². The van der Waals surface area contributed by atoms with E-state index in [-0.39, 0.29) is 18.4 Å². The van der Waals surface area contributed by atoms with Crippen LogP contribution in [0.2, 0.25) is 0 Å². The molecule has 33 heavy (non-hydrogen) atoms. The molecule has 1 saturated carbocycles. The van der Waals surface area contributed by atoms with E-state index in [1.807, 2.05) is 35.3 Å². The van der Waals surface area contributed by atoms with Crippen LogP contribution >= 0.6 is 12.4 Å². The van der Waals surface area contributed by atoms with Crippen LogP contribution in [-0.4, -0.2) is 67.1 Å². The van der Waals surface area contributed by atoms with Gasteiger partial charge in [0.05, 0.1) is 11.9 Å². The molecule has 0 atom stereocenters. The molecule has 0 unspecified atom stereocenters. The Morgan fingerprint density at radius 3 is 2.48 bits per heavy atom. The first kappa shape index (κ1) is 21.8. The van der Waals surface area contributed by atoms with Gasteiger partial charge in [0.25, 0.3) is 0 Å². The van der Waals surface area contributed by atoms with Crippen LogP contribution in [0.3, 0.4) is 0 Å². The Balaban J connectivity index is 0.00000228. The molecule has 1 aliphatic heterocycles. The monoisotopic (exact) mass is 465 g/mol. The molecule has 3 aromatic heterocycles. The SMILES string of the molecule is CC(C)n1nnc2ccc3cnc(Nc4ccc(N5CCN(C6CC6)CC5)cn4)nc3c21.Cl. The minimum atomic E-state index is 0. The second-order valence-electron chi connectivity index (χ2n) is 8.97. The number of rotatable bonds is 5. The molecular formula is C23H28ClN9. The molecule has 4 aromatic rings. The van der Waals surface area contributed by atoms with Gasteiger partial charge < -0.3 is 10.2 Å². The summed E-state index contributed by atoms with van der Waals surface area (Å²) in [6, 6.07) is 9.11. The van der Waals surface area contributed by atoms with Crippen molar-refractivity contribution in [3.63, 3.8) is 0 Å². The quantitative estimate of drug-likeness (QED) is 0.476. The lowest BCUT2D eigenvalue weighted by Gasteiger charge is -2.36. The summed E-state index contributed by atoms with van der Waals surface area (Å²) in [5.41, 5.74) is 3.76. The molecule has 0 bridgehead atoms. The first-order valence-electron chi connectivity index (χ1n) is 11.4. The van der Waals surface area contributed by atoms with Crippen LogP contribution in [0.15, 0.2) is 36.7 Å². The number of nitrogens with one attached hydrogen (secondary N) is 1. The fraction of sp³-hybridized carbons (Fsp3) is 0.435. The standard InChI is InChI=1S/C23H27N9.ClH/c1-15(2)32-22-19(28-29-32)7-3-16-13-25-23(27-21(16)22)26-20-8-6-18(14-24-20)31-11-9-30(10-12-31)17-4-5-17;/h3,6-8,13-15,17H,4-5,9-12H2,1-2H3,(H,24,25,26,27);1H. The minimum absolute atomic E-state index is 0. The first-order chi connectivity index (χ1) is 15.7. The summed E-state index contributed by atoms with van der Waals surface area (Å²) in [6.45, 7) is 8.59. The van der Waals surface area contributed by atoms with E-state index in [9.17, 15) is 0 Å². The molecule has 2 fully saturated rings. The number of halogens is 1. The lowest BCUT2D eigenvalue weighted by Crippen LogP contribution is -2.47. The number of aromatic nitrogens is 6. The van der Waals surface area contributed by atoms with Crippen molar-refractivity contribution in [1.29, 1.82) is 0 Å². The number of nitrogens with zero attached hydrogens (tertiary/aromatic N) is 8. The average molecular weight is 466 g/mol. The van der Waals surface area contributed by atoms with Crippen molar-refractivity contribution in [1.82, 2.24) is 34.8 Å². The van der Waals surface area contributed by atoms with Crippen LogP contribution in [0, 0.1) is 0 Å². The molecular weight excluding hydrogens is 438 g/mol. The summed E-state index contributed by atoms with van der Waals surface area (Å²) in [6.07, 6.45) is 6.52. The van der Waals surface area contributed by atoms with Gasteiger partial charge in [0, 0.05) is 49.8 Å². The molecule has 1 saturated heterocycles. The normalized spacial score (nSPS) is 17.0. The highest BCUT2D eigenvalue weighted by Gasteiger charge is 2.31. The highest BCUT2D eigenvalue weighted by Crippen LogP contribution is 2.29. The van der Waals surface area contributed by atoms with Crippen molar-refractivity contribution in [3.05, 3.63) is 36.7 Å². The van der Waals surface area contributed by atoms with Crippen LogP contribution < -0.4 is 10.2 Å². The predicted octanol–water partition coefficient (Wildman–Crippen LogP) is 3.80. The molecule has 4 heterocycles. The molecule has 1 aliphatic carbocycles. The molecule has 2 aliphatic rings. The Kier molecular flexibility index (Phi) is 5.76. The number of pyridine rings is 1. The third-order valence-corrected chi connectivity index (χ3v) is 6.40. The Hall–Kier alpha value is -3.04. The highest BCUT2D eigenvalue weighted by atomic mass is 35.5. The van der Waals surface area contributed by atoms with E-state index in [2.05, 4.69) is 55.3 Å². The molecule has 6 rings (SSSR count). The maximum absolute atomic E-state index is 4.78. The summed E-state index contributed by atoms with van der Waals surface area (Å²) in [7, 11) is 0. The van der Waals surface area contributed by atoms with E-state index in [4.69, 9.17) is 4.98 Å². The van der Waals surface area contributed by atoms with Gasteiger partial charge in [0.1, 0.15) is 22.4 Å². The molecule has 1 aromatic carbocycles. The van der Waals surface area contributed by atoms with Gasteiger partial charge in [-0.1, -0.05) is 5.21 Å². The van der Waals surface area contributed by atoms with Crippen molar-refractivity contribution < 1.29 is 0 Å². The predicted molar refractivity (Wildman–Crippen MR) is 133 cm³/mol. The van der Waals surface area contributed by atoms with Gasteiger partial charge in [-0.05, 0) is 51.0 Å². The van der Waals surface area contributed by atoms with Gasteiger partial charge in [-0.15, -0.1) is 17.5 Å². The molecule has 0 radical (unpaired) electrons. The van der Waals surface area contributed by atoms with Crippen LogP contribution in [0.4, 0.5) is 17.5 Å². The molecule has 10 heteroatoms. The molecule has 9 nitrogen and oxygen atoms in total. The third-order valence-electron chi connectivity index (χ3n) is 6.40. The van der Waals surface area contributed by atoms with Crippen molar-refractivity contribution in [2.24, 2.45) is 0 Å². The van der Waals surface area contributed by atoms with Crippen molar-refractivity contribution in [2.45, 2.75) is 38.8 Å². The van der Waals surface area contributed by atoms with Crippen molar-refractivity contribution >= 4 is 51.8 Å². The smallest absolute Gasteiger partial charge is 0.228 e. The Bertz CT molecular complexity index is 1260. The topological polar surface area (TPSA) is 87.9 Å². The number of benzene rings is 1. The summed E-state index contributed by atoms with van der Waals surface area (Å²) in [5.74, 6) is 1.24. The van der Waals surface area contributed by atoms with Crippen LogP contribution in [-0.2, 0) is 0 Å². The van der Waals surface area contributed by atoms with Gasteiger partial charge in [0.2, 0.25) is 5.95 Å². The fourth-order valence-electron chi connectivity index (χ4n) is 4.49. The highest BCUT2D eigenvalue weighted by molar-refractivity contribution is 6.01. The second-order valence-corrected chi connectivity index (χ2v) is 8.97. The van der Waals surface area contributed by atoms with Gasteiger partial charge in [-0.3, -0.25) is 4.90 Å². The summed E-state index contributed by atoms with van der Waals surface area (Å²) in [5, 5.41) is 12.8. The molecule has 0 amide bonds. The first-order valence-corrected chi connectivity index (χ1v) is 11.4. The summed E-state index contributed by atoms with van der Waals surface area (Å²) in [4.78, 5) is 18.9. The van der Waals surface area contributed by atoms with E-state index < -0.39 is 0 Å². The fourth-order valence-corrected chi connectivity index (χ4v) is 4.49. The number of hydrogen-bond acceptors (Lipinski definition) is 8. The lowest BCUT2D eigenvalue weighted by molar-refractivity contribution is 0.248. The Labute approximate surface area is 198 Å². The molecule has 1 N–H and O–H groups in total. The maximum Gasteiger partial charge on any atom is 0.228 e. The van der Waals surface area contributed by atoms with Crippen molar-refractivity contribution in [2.75, 3.05) is 36.4 Å². The van der Waals surface area contributed by atoms with E-state index >= 15 is 0 Å². The van der Waals surface area contributed by atoms with Gasteiger partial charge >= 0.3 is 0 Å². The van der Waals surface area contributed by atoms with E-state index in [0.29, 0.717) is 5.95 Å². The zero-order chi connectivity index (χ0) is 21.7. The number of piperazine rings is 1. The van der Waals surface area contributed by atoms with E-state index in [1.165, 1.54) is 18.5 Å². The van der Waals surface area contributed by atoms with Crippen LogP contribution in [0.1, 0.15) is 32.7 Å². The maximum atomic E-state index is 4.78. The molecule has 0 spiro atoms. The third kappa shape index (κ3) is 4.18. The zero-order valence-corrected chi connectivity index (χ0v) is 19.7. The number of fused-ring (bicyclic) bond motifs is 3. The summed E-state index contributed by atoms with van der Waals surface area (Å²) >= 11 is 0. The van der Waals surface area contributed by atoms with Gasteiger partial charge in [0.15, 0.2) is 0 Å². The zero-order valence-electron chi connectivity index (χ0n) is 18.8.